The summed E-state index contributed by atoms with van der Waals surface area (Å²) in [6.07, 6.45) is 9.39. The lowest BCUT2D eigenvalue weighted by Crippen LogP contribution is -2.39. The molecule has 1 aromatic rings. The summed E-state index contributed by atoms with van der Waals surface area (Å²) in [5.74, 6) is 1.67. The van der Waals surface area contributed by atoms with E-state index in [1.807, 2.05) is 12.1 Å². The molecule has 5 heteroatoms. The Hall–Kier alpha value is -1.46. The van der Waals surface area contributed by atoms with Crippen LogP contribution in [0.1, 0.15) is 56.7 Å². The average molecular weight is 302 g/mol. The van der Waals surface area contributed by atoms with E-state index >= 15 is 0 Å². The maximum atomic E-state index is 10.7. The smallest absolute Gasteiger partial charge is 0.269 e. The summed E-state index contributed by atoms with van der Waals surface area (Å²) in [5.41, 5.74) is 1.17. The van der Waals surface area contributed by atoms with E-state index in [0.717, 1.165) is 17.4 Å². The molecule has 0 bridgehead atoms. The van der Waals surface area contributed by atoms with E-state index in [0.29, 0.717) is 6.04 Å². The maximum Gasteiger partial charge on any atom is 0.269 e. The van der Waals surface area contributed by atoms with Crippen molar-refractivity contribution in [1.29, 1.82) is 0 Å². The van der Waals surface area contributed by atoms with Crippen molar-refractivity contribution in [3.05, 3.63) is 39.9 Å². The number of benzene rings is 1. The Morgan fingerprint density at radius 2 is 1.77 bits per heavy atom. The van der Waals surface area contributed by atoms with Crippen LogP contribution in [0, 0.1) is 22.0 Å². The van der Waals surface area contributed by atoms with Gasteiger partial charge in [-0.25, -0.2) is 0 Å². The third-order valence-corrected chi connectivity index (χ3v) is 5.66. The molecule has 1 aromatic carbocycles. The highest BCUT2D eigenvalue weighted by atomic mass is 16.8. The first kappa shape index (κ1) is 14.2. The average Bonchev–Trinajstić information content (AvgIpc) is 3.35. The molecule has 1 aliphatic heterocycles. The van der Waals surface area contributed by atoms with Gasteiger partial charge in [0, 0.05) is 23.7 Å². The molecule has 5 unspecified atom stereocenters. The molecule has 118 valence electrons. The molecule has 22 heavy (non-hydrogen) atoms. The van der Waals surface area contributed by atoms with Gasteiger partial charge in [0.25, 0.3) is 5.69 Å². The fourth-order valence-corrected chi connectivity index (χ4v) is 4.53. The van der Waals surface area contributed by atoms with Crippen LogP contribution in [0.15, 0.2) is 24.3 Å². The number of nitro groups is 1. The van der Waals surface area contributed by atoms with Crippen molar-refractivity contribution in [2.45, 2.75) is 57.2 Å². The Morgan fingerprint density at radius 1 is 1.05 bits per heavy atom. The number of rotatable bonds is 3. The zero-order chi connectivity index (χ0) is 15.1. The van der Waals surface area contributed by atoms with E-state index in [-0.39, 0.29) is 16.8 Å². The number of hydrogen-bond donors (Lipinski definition) is 0. The van der Waals surface area contributed by atoms with Gasteiger partial charge in [0.1, 0.15) is 0 Å². The fourth-order valence-electron chi connectivity index (χ4n) is 4.53. The quantitative estimate of drug-likeness (QED) is 0.477. The molecule has 0 spiro atoms. The van der Waals surface area contributed by atoms with Crippen LogP contribution in [0.4, 0.5) is 5.69 Å². The van der Waals surface area contributed by atoms with Crippen molar-refractivity contribution in [3.63, 3.8) is 0 Å². The van der Waals surface area contributed by atoms with Gasteiger partial charge in [0.2, 0.25) is 0 Å². The van der Waals surface area contributed by atoms with Crippen molar-refractivity contribution in [1.82, 2.24) is 5.06 Å². The van der Waals surface area contributed by atoms with Crippen LogP contribution in [0.2, 0.25) is 0 Å². The van der Waals surface area contributed by atoms with Crippen molar-refractivity contribution in [2.75, 3.05) is 0 Å². The van der Waals surface area contributed by atoms with Crippen molar-refractivity contribution < 1.29 is 9.76 Å². The summed E-state index contributed by atoms with van der Waals surface area (Å²) >= 11 is 0. The Bertz CT molecular complexity index is 558. The van der Waals surface area contributed by atoms with Gasteiger partial charge in [-0.2, -0.15) is 0 Å². The van der Waals surface area contributed by atoms with Gasteiger partial charge in [-0.1, -0.05) is 32.1 Å². The van der Waals surface area contributed by atoms with Gasteiger partial charge >= 0.3 is 0 Å². The molecule has 5 atom stereocenters. The van der Waals surface area contributed by atoms with Crippen LogP contribution in [0.3, 0.4) is 0 Å². The van der Waals surface area contributed by atoms with Gasteiger partial charge in [-0.05, 0) is 36.8 Å². The first-order valence-electron chi connectivity index (χ1n) is 8.43. The minimum absolute atomic E-state index is 0.00600. The lowest BCUT2D eigenvalue weighted by molar-refractivity contribution is -0.384. The maximum absolute atomic E-state index is 10.7. The van der Waals surface area contributed by atoms with E-state index in [1.54, 1.807) is 12.1 Å². The lowest BCUT2D eigenvalue weighted by atomic mass is 9.68. The predicted molar refractivity (Wildman–Crippen MR) is 81.8 cm³/mol. The Kier molecular flexibility index (Phi) is 3.62. The molecule has 1 heterocycles. The highest BCUT2D eigenvalue weighted by Crippen LogP contribution is 2.49. The summed E-state index contributed by atoms with van der Waals surface area (Å²) in [4.78, 5) is 16.2. The third kappa shape index (κ3) is 2.52. The molecule has 4 rings (SSSR count). The SMILES string of the molecule is O=[N+]([O-])c1ccc(C2ON2C2CCCC3CCCCC32)cc1. The minimum atomic E-state index is -0.358. The van der Waals surface area contributed by atoms with E-state index in [9.17, 15) is 10.1 Å². The Balaban J connectivity index is 1.45. The molecular weight excluding hydrogens is 280 g/mol. The summed E-state index contributed by atoms with van der Waals surface area (Å²) in [6, 6.07) is 7.33. The molecular formula is C17H22N2O3. The number of hydroxylamine groups is 2. The number of nitrogens with zero attached hydrogens (tertiary/aromatic N) is 2. The molecule has 3 aliphatic rings. The second-order valence-electron chi connectivity index (χ2n) is 6.87. The predicted octanol–water partition coefficient (Wildman–Crippen LogP) is 4.20. The second-order valence-corrected chi connectivity index (χ2v) is 6.87. The Morgan fingerprint density at radius 3 is 2.55 bits per heavy atom. The molecule has 2 saturated carbocycles. The van der Waals surface area contributed by atoms with E-state index < -0.39 is 0 Å². The largest absolute Gasteiger partial charge is 0.270 e. The standard InChI is InChI=1S/C17H22N2O3/c20-19(21)14-10-8-13(9-11-14)17-18(22-17)16-7-3-5-12-4-1-2-6-15(12)16/h8-12,15-17H,1-7H2. The first-order chi connectivity index (χ1) is 10.7. The molecule has 1 saturated heterocycles. The highest BCUT2D eigenvalue weighted by Gasteiger charge is 2.49. The highest BCUT2D eigenvalue weighted by molar-refractivity contribution is 5.34. The van der Waals surface area contributed by atoms with Gasteiger partial charge in [-0.3, -0.25) is 15.0 Å². The zero-order valence-corrected chi connectivity index (χ0v) is 12.7. The van der Waals surface area contributed by atoms with Crippen LogP contribution in [0.25, 0.3) is 0 Å². The second kappa shape index (κ2) is 5.63. The first-order valence-corrected chi connectivity index (χ1v) is 8.43. The zero-order valence-electron chi connectivity index (χ0n) is 12.7. The molecule has 5 nitrogen and oxygen atoms in total. The Labute approximate surface area is 130 Å². The van der Waals surface area contributed by atoms with Crippen molar-refractivity contribution >= 4 is 5.69 Å². The fraction of sp³-hybridized carbons (Fsp3) is 0.647. The monoisotopic (exact) mass is 302 g/mol. The number of hydrogen-bond acceptors (Lipinski definition) is 4. The number of non-ortho nitro benzene ring substituents is 1. The van der Waals surface area contributed by atoms with E-state index in [1.165, 1.54) is 44.9 Å². The van der Waals surface area contributed by atoms with Crippen LogP contribution in [-0.2, 0) is 4.84 Å². The van der Waals surface area contributed by atoms with Crippen molar-refractivity contribution in [3.8, 4) is 0 Å². The normalized spacial score (nSPS) is 37.4. The molecule has 0 N–H and O–H groups in total. The molecule has 0 amide bonds. The van der Waals surface area contributed by atoms with Crippen LogP contribution < -0.4 is 0 Å². The van der Waals surface area contributed by atoms with E-state index in [2.05, 4.69) is 5.06 Å². The van der Waals surface area contributed by atoms with Gasteiger partial charge < -0.3 is 0 Å². The van der Waals surface area contributed by atoms with Gasteiger partial charge in [0.05, 0.1) is 4.92 Å². The summed E-state index contributed by atoms with van der Waals surface area (Å²) in [5, 5.41) is 12.9. The van der Waals surface area contributed by atoms with Crippen LogP contribution in [-0.4, -0.2) is 16.0 Å². The summed E-state index contributed by atoms with van der Waals surface area (Å²) < 4.78 is 0. The number of nitro benzene ring substituents is 1. The molecule has 2 aliphatic carbocycles. The summed E-state index contributed by atoms with van der Waals surface area (Å²) in [6.45, 7) is 0. The molecule has 3 fully saturated rings. The molecule has 0 aromatic heterocycles. The third-order valence-electron chi connectivity index (χ3n) is 5.66. The van der Waals surface area contributed by atoms with Gasteiger partial charge in [-0.15, -0.1) is 5.06 Å². The van der Waals surface area contributed by atoms with Crippen molar-refractivity contribution in [2.24, 2.45) is 11.8 Å². The van der Waals surface area contributed by atoms with Crippen LogP contribution >= 0.6 is 0 Å². The van der Waals surface area contributed by atoms with Crippen LogP contribution in [0.5, 0.6) is 0 Å². The lowest BCUT2D eigenvalue weighted by Gasteiger charge is -2.41. The molecule has 0 radical (unpaired) electrons. The topological polar surface area (TPSA) is 58.7 Å². The summed E-state index contributed by atoms with van der Waals surface area (Å²) in [7, 11) is 0. The van der Waals surface area contributed by atoms with Gasteiger partial charge in [0.15, 0.2) is 6.23 Å². The minimum Gasteiger partial charge on any atom is -0.270 e. The van der Waals surface area contributed by atoms with E-state index in [4.69, 9.17) is 4.84 Å². The number of fused-ring (bicyclic) bond motifs is 1.